The maximum Gasteiger partial charge on any atom is 0.257 e. The van der Waals surface area contributed by atoms with Crippen molar-refractivity contribution in [3.8, 4) is 17.2 Å². The lowest BCUT2D eigenvalue weighted by Crippen LogP contribution is -2.24. The Morgan fingerprint density at radius 3 is 2.85 bits per heavy atom. The number of carbonyl (C=O) groups excluding carboxylic acids is 1. The number of hydrogen-bond acceptors (Lipinski definition) is 5. The monoisotopic (exact) mass is 349 g/mol. The first kappa shape index (κ1) is 16.3. The second-order valence-electron chi connectivity index (χ2n) is 6.35. The molecule has 1 aromatic heterocycles. The number of amides is 1. The van der Waals surface area contributed by atoms with E-state index in [0.717, 1.165) is 16.9 Å². The summed E-state index contributed by atoms with van der Waals surface area (Å²) in [6, 6.07) is 17.4. The van der Waals surface area contributed by atoms with Gasteiger partial charge in [0.2, 0.25) is 5.91 Å². The van der Waals surface area contributed by atoms with Gasteiger partial charge in [0.05, 0.1) is 7.11 Å². The molecule has 6 nitrogen and oxygen atoms in total. The van der Waals surface area contributed by atoms with Gasteiger partial charge in [-0.25, -0.2) is 0 Å². The molecule has 1 aliphatic rings. The van der Waals surface area contributed by atoms with Gasteiger partial charge in [-0.1, -0.05) is 35.5 Å². The predicted molar refractivity (Wildman–Crippen MR) is 95.5 cm³/mol. The lowest BCUT2D eigenvalue weighted by Gasteiger charge is -2.16. The summed E-state index contributed by atoms with van der Waals surface area (Å²) >= 11 is 0. The maximum absolute atomic E-state index is 12.4. The molecular formula is C20H19N3O3. The topological polar surface area (TPSA) is 68.5 Å². The van der Waals surface area contributed by atoms with E-state index < -0.39 is 0 Å². The van der Waals surface area contributed by atoms with E-state index in [9.17, 15) is 4.79 Å². The van der Waals surface area contributed by atoms with Crippen LogP contribution in [-0.2, 0) is 11.3 Å². The fourth-order valence-corrected chi connectivity index (χ4v) is 3.19. The molecule has 0 bridgehead atoms. The molecule has 0 spiro atoms. The van der Waals surface area contributed by atoms with Crippen molar-refractivity contribution in [2.24, 2.45) is 0 Å². The summed E-state index contributed by atoms with van der Waals surface area (Å²) in [5.74, 6) is 1.92. The lowest BCUT2D eigenvalue weighted by molar-refractivity contribution is -0.128. The molecular weight excluding hydrogens is 330 g/mol. The highest BCUT2D eigenvalue weighted by atomic mass is 16.5. The molecule has 6 heteroatoms. The van der Waals surface area contributed by atoms with E-state index in [4.69, 9.17) is 9.26 Å². The van der Waals surface area contributed by atoms with Crippen molar-refractivity contribution >= 4 is 5.91 Å². The molecule has 1 atom stereocenters. The Bertz CT molecular complexity index is 907. The van der Waals surface area contributed by atoms with Crippen LogP contribution < -0.4 is 4.74 Å². The smallest absolute Gasteiger partial charge is 0.257 e. The summed E-state index contributed by atoms with van der Waals surface area (Å²) in [7, 11) is 1.64. The van der Waals surface area contributed by atoms with E-state index in [1.807, 2.05) is 59.5 Å². The number of benzene rings is 2. The van der Waals surface area contributed by atoms with Gasteiger partial charge < -0.3 is 14.2 Å². The number of hydrogen-bond donors (Lipinski definition) is 0. The van der Waals surface area contributed by atoms with Crippen LogP contribution in [0.2, 0.25) is 0 Å². The molecule has 3 aromatic rings. The number of nitrogens with zero attached hydrogens (tertiary/aromatic N) is 3. The number of likely N-dealkylation sites (tertiary alicyclic amines) is 1. The second-order valence-corrected chi connectivity index (χ2v) is 6.35. The first-order chi connectivity index (χ1) is 12.7. The molecule has 26 heavy (non-hydrogen) atoms. The highest BCUT2D eigenvalue weighted by Crippen LogP contribution is 2.29. The molecule has 2 aromatic carbocycles. The fourth-order valence-electron chi connectivity index (χ4n) is 3.19. The molecule has 2 heterocycles. The van der Waals surface area contributed by atoms with Crippen LogP contribution in [0, 0.1) is 0 Å². The zero-order chi connectivity index (χ0) is 17.9. The SMILES string of the molecule is COc1cccc(CN2CC(c3noc(-c4ccccc4)n3)CC2=O)c1. The van der Waals surface area contributed by atoms with Gasteiger partial charge in [-0.05, 0) is 29.8 Å². The van der Waals surface area contributed by atoms with Crippen molar-refractivity contribution in [1.82, 2.24) is 15.0 Å². The molecule has 1 unspecified atom stereocenters. The van der Waals surface area contributed by atoms with Gasteiger partial charge in [0.25, 0.3) is 5.89 Å². The Morgan fingerprint density at radius 2 is 2.04 bits per heavy atom. The Hall–Kier alpha value is -3.15. The Kier molecular flexibility index (Phi) is 4.39. The molecule has 0 N–H and O–H groups in total. The Morgan fingerprint density at radius 1 is 1.19 bits per heavy atom. The van der Waals surface area contributed by atoms with E-state index in [1.54, 1.807) is 7.11 Å². The molecule has 1 aliphatic heterocycles. The number of ether oxygens (including phenoxy) is 1. The summed E-state index contributed by atoms with van der Waals surface area (Å²) < 4.78 is 10.6. The van der Waals surface area contributed by atoms with Crippen LogP contribution in [0.1, 0.15) is 23.7 Å². The number of aromatic nitrogens is 2. The average Bonchev–Trinajstić information content (AvgIpc) is 3.30. The summed E-state index contributed by atoms with van der Waals surface area (Å²) in [5.41, 5.74) is 1.92. The van der Waals surface area contributed by atoms with Gasteiger partial charge >= 0.3 is 0 Å². The zero-order valence-electron chi connectivity index (χ0n) is 14.5. The quantitative estimate of drug-likeness (QED) is 0.707. The third-order valence-electron chi connectivity index (χ3n) is 4.55. The third kappa shape index (κ3) is 3.31. The van der Waals surface area contributed by atoms with Gasteiger partial charge in [-0.15, -0.1) is 0 Å². The van der Waals surface area contributed by atoms with Crippen LogP contribution in [0.5, 0.6) is 5.75 Å². The lowest BCUT2D eigenvalue weighted by atomic mass is 10.1. The Labute approximate surface area is 151 Å². The van der Waals surface area contributed by atoms with E-state index in [2.05, 4.69) is 10.1 Å². The first-order valence-corrected chi connectivity index (χ1v) is 8.52. The van der Waals surface area contributed by atoms with Crippen molar-refractivity contribution in [2.45, 2.75) is 18.9 Å². The fraction of sp³-hybridized carbons (Fsp3) is 0.250. The number of rotatable bonds is 5. The minimum Gasteiger partial charge on any atom is -0.497 e. The number of methoxy groups -OCH3 is 1. The summed E-state index contributed by atoms with van der Waals surface area (Å²) in [6.45, 7) is 1.14. The van der Waals surface area contributed by atoms with Crippen LogP contribution in [-0.4, -0.2) is 34.6 Å². The molecule has 132 valence electrons. The highest BCUT2D eigenvalue weighted by Gasteiger charge is 2.33. The predicted octanol–water partition coefficient (Wildman–Crippen LogP) is 3.26. The minimum atomic E-state index is -0.0469. The highest BCUT2D eigenvalue weighted by molar-refractivity contribution is 5.79. The van der Waals surface area contributed by atoms with Crippen molar-refractivity contribution in [1.29, 1.82) is 0 Å². The molecule has 4 rings (SSSR count). The van der Waals surface area contributed by atoms with Crippen molar-refractivity contribution in [2.75, 3.05) is 13.7 Å². The van der Waals surface area contributed by atoms with Crippen LogP contribution in [0.25, 0.3) is 11.5 Å². The molecule has 1 saturated heterocycles. The molecule has 0 radical (unpaired) electrons. The Balaban J connectivity index is 1.47. The van der Waals surface area contributed by atoms with Crippen LogP contribution in [0.3, 0.4) is 0 Å². The van der Waals surface area contributed by atoms with E-state index >= 15 is 0 Å². The van der Waals surface area contributed by atoms with Gasteiger partial charge in [-0.2, -0.15) is 4.98 Å². The molecule has 1 amide bonds. The van der Waals surface area contributed by atoms with Gasteiger partial charge in [0.15, 0.2) is 5.82 Å². The van der Waals surface area contributed by atoms with E-state index in [0.29, 0.717) is 31.2 Å². The average molecular weight is 349 g/mol. The van der Waals surface area contributed by atoms with Crippen molar-refractivity contribution in [3.05, 3.63) is 66.0 Å². The molecule has 0 saturated carbocycles. The zero-order valence-corrected chi connectivity index (χ0v) is 14.5. The standard InChI is InChI=1S/C20H19N3O3/c1-25-17-9-5-6-14(10-17)12-23-13-16(11-18(23)24)19-21-20(26-22-19)15-7-3-2-4-8-15/h2-10,16H,11-13H2,1H3. The molecule has 0 aliphatic carbocycles. The second kappa shape index (κ2) is 7.00. The van der Waals surface area contributed by atoms with Crippen LogP contribution in [0.4, 0.5) is 0 Å². The normalized spacial score (nSPS) is 16.9. The van der Waals surface area contributed by atoms with E-state index in [1.165, 1.54) is 0 Å². The van der Waals surface area contributed by atoms with Crippen LogP contribution >= 0.6 is 0 Å². The summed E-state index contributed by atoms with van der Waals surface area (Å²) in [6.07, 6.45) is 0.401. The van der Waals surface area contributed by atoms with Gasteiger partial charge in [0, 0.05) is 31.0 Å². The van der Waals surface area contributed by atoms with E-state index in [-0.39, 0.29) is 11.8 Å². The van der Waals surface area contributed by atoms with Gasteiger partial charge in [0.1, 0.15) is 5.75 Å². The molecule has 1 fully saturated rings. The first-order valence-electron chi connectivity index (χ1n) is 8.52. The summed E-state index contributed by atoms with van der Waals surface area (Å²) in [4.78, 5) is 18.7. The van der Waals surface area contributed by atoms with Gasteiger partial charge in [-0.3, -0.25) is 4.79 Å². The largest absolute Gasteiger partial charge is 0.497 e. The summed E-state index contributed by atoms with van der Waals surface area (Å²) in [5, 5.41) is 4.09. The number of carbonyl (C=O) groups is 1. The third-order valence-corrected chi connectivity index (χ3v) is 4.55. The van der Waals surface area contributed by atoms with Crippen molar-refractivity contribution < 1.29 is 14.1 Å². The minimum absolute atomic E-state index is 0.0469. The maximum atomic E-state index is 12.4. The van der Waals surface area contributed by atoms with Crippen LogP contribution in [0.15, 0.2) is 59.1 Å². The van der Waals surface area contributed by atoms with Crippen molar-refractivity contribution in [3.63, 3.8) is 0 Å².